The molecule has 0 bridgehead atoms. The van der Waals surface area contributed by atoms with Crippen molar-refractivity contribution in [1.29, 1.82) is 0 Å². The van der Waals surface area contributed by atoms with Crippen molar-refractivity contribution in [3.05, 3.63) is 57.7 Å². The fraction of sp³-hybridized carbons (Fsp3) is 0.333. The number of aryl methyl sites for hydroxylation is 2. The minimum Gasteiger partial charge on any atom is -0.296 e. The van der Waals surface area contributed by atoms with Gasteiger partial charge in [0.2, 0.25) is 0 Å². The molecule has 0 amide bonds. The average Bonchev–Trinajstić information content (AvgIpc) is 3.37. The molecular weight excluding hydrogens is 382 g/mol. The average molecular weight is 406 g/mol. The number of aliphatic imine (C=N–C) groups is 1. The van der Waals surface area contributed by atoms with E-state index in [1.807, 2.05) is 23.9 Å². The molecule has 148 valence electrons. The molecule has 8 heteroatoms. The Morgan fingerprint density at radius 3 is 2.86 bits per heavy atom. The Morgan fingerprint density at radius 1 is 1.17 bits per heavy atom. The van der Waals surface area contributed by atoms with Gasteiger partial charge in [-0.2, -0.15) is 0 Å². The second-order valence-corrected chi connectivity index (χ2v) is 7.64. The van der Waals surface area contributed by atoms with Gasteiger partial charge in [0.25, 0.3) is 0 Å². The maximum absolute atomic E-state index is 4.73. The maximum Gasteiger partial charge on any atom is 0.162 e. The second-order valence-electron chi connectivity index (χ2n) is 6.70. The lowest BCUT2D eigenvalue weighted by Gasteiger charge is -2.09. The van der Waals surface area contributed by atoms with Gasteiger partial charge in [-0.05, 0) is 18.6 Å². The molecule has 7 nitrogen and oxygen atoms in total. The first-order valence-corrected chi connectivity index (χ1v) is 10.6. The van der Waals surface area contributed by atoms with Crippen LogP contribution in [0.2, 0.25) is 0 Å². The highest BCUT2D eigenvalue weighted by Crippen LogP contribution is 2.29. The van der Waals surface area contributed by atoms with Crippen molar-refractivity contribution in [2.75, 3.05) is 7.05 Å². The van der Waals surface area contributed by atoms with E-state index in [9.17, 15) is 0 Å². The minimum absolute atomic E-state index is 0.694. The Labute approximate surface area is 173 Å². The molecule has 0 radical (unpaired) electrons. The van der Waals surface area contributed by atoms with Crippen molar-refractivity contribution in [1.82, 2.24) is 29.5 Å². The van der Waals surface area contributed by atoms with E-state index < -0.39 is 0 Å². The van der Waals surface area contributed by atoms with Gasteiger partial charge < -0.3 is 0 Å². The topological polar surface area (TPSA) is 81.2 Å². The molecule has 0 aliphatic carbocycles. The number of fused-ring (bicyclic) bond motifs is 1. The van der Waals surface area contributed by atoms with Gasteiger partial charge in [-0.25, -0.2) is 19.5 Å². The summed E-state index contributed by atoms with van der Waals surface area (Å²) in [5, 5.41) is 4.52. The van der Waals surface area contributed by atoms with Crippen molar-refractivity contribution in [2.45, 2.75) is 39.5 Å². The van der Waals surface area contributed by atoms with Crippen LogP contribution in [0.15, 0.2) is 35.2 Å². The van der Waals surface area contributed by atoms with Gasteiger partial charge in [-0.1, -0.05) is 20.3 Å². The van der Waals surface area contributed by atoms with Gasteiger partial charge in [-0.15, -0.1) is 16.4 Å². The monoisotopic (exact) mass is 405 g/mol. The second kappa shape index (κ2) is 8.57. The van der Waals surface area contributed by atoms with Crippen LogP contribution in [0.3, 0.4) is 0 Å². The summed E-state index contributed by atoms with van der Waals surface area (Å²) in [7, 11) is 1.76. The summed E-state index contributed by atoms with van der Waals surface area (Å²) in [5.41, 5.74) is 7.69. The SMILES string of the molecule is CCCc1c(Cc2scnc2-c2ncccc2C=NC)ncn2nc(CC)nc12. The summed E-state index contributed by atoms with van der Waals surface area (Å²) in [6.07, 6.45) is 8.83. The van der Waals surface area contributed by atoms with E-state index in [4.69, 9.17) is 9.97 Å². The molecule has 4 aromatic rings. The van der Waals surface area contributed by atoms with E-state index in [1.165, 1.54) is 0 Å². The molecule has 0 aliphatic rings. The fourth-order valence-corrected chi connectivity index (χ4v) is 4.16. The van der Waals surface area contributed by atoms with E-state index in [0.29, 0.717) is 6.42 Å². The summed E-state index contributed by atoms with van der Waals surface area (Å²) < 4.78 is 1.80. The maximum atomic E-state index is 4.73. The van der Waals surface area contributed by atoms with Crippen molar-refractivity contribution in [3.63, 3.8) is 0 Å². The number of thiazole rings is 1. The van der Waals surface area contributed by atoms with Crippen molar-refractivity contribution in [3.8, 4) is 11.4 Å². The Bertz CT molecular complexity index is 1160. The third-order valence-corrected chi connectivity index (χ3v) is 5.57. The zero-order chi connectivity index (χ0) is 20.2. The van der Waals surface area contributed by atoms with Gasteiger partial charge in [0.15, 0.2) is 11.5 Å². The van der Waals surface area contributed by atoms with Crippen LogP contribution in [-0.4, -0.2) is 42.8 Å². The lowest BCUT2D eigenvalue weighted by atomic mass is 10.0. The first-order chi connectivity index (χ1) is 14.2. The zero-order valence-electron chi connectivity index (χ0n) is 16.8. The van der Waals surface area contributed by atoms with Crippen molar-refractivity contribution < 1.29 is 0 Å². The Morgan fingerprint density at radius 2 is 2.07 bits per heavy atom. The first kappa shape index (κ1) is 19.3. The third-order valence-electron chi connectivity index (χ3n) is 4.73. The van der Waals surface area contributed by atoms with E-state index in [1.54, 1.807) is 35.4 Å². The van der Waals surface area contributed by atoms with Gasteiger partial charge in [0.1, 0.15) is 12.0 Å². The molecule has 4 aromatic heterocycles. The summed E-state index contributed by atoms with van der Waals surface area (Å²) in [6, 6.07) is 3.92. The third kappa shape index (κ3) is 3.80. The summed E-state index contributed by atoms with van der Waals surface area (Å²) in [6.45, 7) is 4.24. The number of nitrogens with zero attached hydrogens (tertiary/aromatic N) is 7. The van der Waals surface area contributed by atoms with Crippen LogP contribution in [0.4, 0.5) is 0 Å². The summed E-state index contributed by atoms with van der Waals surface area (Å²) >= 11 is 1.63. The van der Waals surface area contributed by atoms with Gasteiger partial charge in [-0.3, -0.25) is 9.98 Å². The fourth-order valence-electron chi connectivity index (χ4n) is 3.39. The van der Waals surface area contributed by atoms with Crippen LogP contribution < -0.4 is 0 Å². The molecule has 4 heterocycles. The molecule has 0 fully saturated rings. The van der Waals surface area contributed by atoms with Crippen LogP contribution in [0.5, 0.6) is 0 Å². The molecule has 0 atom stereocenters. The highest BCUT2D eigenvalue weighted by molar-refractivity contribution is 7.10. The van der Waals surface area contributed by atoms with Crippen LogP contribution in [0.25, 0.3) is 17.0 Å². The van der Waals surface area contributed by atoms with Crippen LogP contribution in [0.1, 0.15) is 47.8 Å². The Balaban J connectivity index is 1.77. The lowest BCUT2D eigenvalue weighted by Crippen LogP contribution is -2.05. The molecule has 0 saturated heterocycles. The van der Waals surface area contributed by atoms with Crippen LogP contribution in [0, 0.1) is 0 Å². The molecule has 4 rings (SSSR count). The zero-order valence-corrected chi connectivity index (χ0v) is 17.6. The smallest absolute Gasteiger partial charge is 0.162 e. The molecule has 0 unspecified atom stereocenters. The molecule has 0 aromatic carbocycles. The van der Waals surface area contributed by atoms with E-state index in [0.717, 1.165) is 63.8 Å². The predicted octanol–water partition coefficient (Wildman–Crippen LogP) is 3.80. The number of hydrogen-bond acceptors (Lipinski definition) is 7. The van der Waals surface area contributed by atoms with Crippen LogP contribution >= 0.6 is 11.3 Å². The predicted molar refractivity (Wildman–Crippen MR) is 116 cm³/mol. The molecule has 0 saturated carbocycles. The van der Waals surface area contributed by atoms with E-state index in [-0.39, 0.29) is 0 Å². The van der Waals surface area contributed by atoms with E-state index >= 15 is 0 Å². The number of rotatable bonds is 7. The Kier molecular flexibility index (Phi) is 5.71. The first-order valence-electron chi connectivity index (χ1n) is 9.77. The lowest BCUT2D eigenvalue weighted by molar-refractivity contribution is 0.826. The number of pyridine rings is 1. The molecule has 0 aliphatic heterocycles. The summed E-state index contributed by atoms with van der Waals surface area (Å²) in [5.74, 6) is 0.844. The highest BCUT2D eigenvalue weighted by Gasteiger charge is 2.18. The Hall–Kier alpha value is -3.00. The van der Waals surface area contributed by atoms with Gasteiger partial charge in [0, 0.05) is 48.3 Å². The van der Waals surface area contributed by atoms with Crippen molar-refractivity contribution in [2.24, 2.45) is 4.99 Å². The van der Waals surface area contributed by atoms with Gasteiger partial charge in [0.05, 0.1) is 16.9 Å². The standard InChI is InChI=1S/C21H23N7S/c1-4-7-15-16(24-12-28-21(15)26-18(5-2)27-28)10-17-20(25-13-29-17)19-14(11-22-3)8-6-9-23-19/h6,8-9,11-13H,4-5,7,10H2,1-3H3. The van der Waals surface area contributed by atoms with Crippen molar-refractivity contribution >= 4 is 23.2 Å². The molecule has 0 spiro atoms. The molecular formula is C21H23N7S. The van der Waals surface area contributed by atoms with Gasteiger partial charge >= 0.3 is 0 Å². The summed E-state index contributed by atoms with van der Waals surface area (Å²) in [4.78, 5) is 23.9. The van der Waals surface area contributed by atoms with E-state index in [2.05, 4.69) is 33.9 Å². The number of aromatic nitrogens is 6. The quantitative estimate of drug-likeness (QED) is 0.437. The number of hydrogen-bond donors (Lipinski definition) is 0. The normalized spacial score (nSPS) is 11.7. The highest BCUT2D eigenvalue weighted by atomic mass is 32.1. The molecule has 29 heavy (non-hydrogen) atoms. The van der Waals surface area contributed by atoms with Crippen LogP contribution in [-0.2, 0) is 19.3 Å². The largest absolute Gasteiger partial charge is 0.296 e. The molecule has 0 N–H and O–H groups in total. The minimum atomic E-state index is 0.694.